The minimum atomic E-state index is -0.208. The van der Waals surface area contributed by atoms with Crippen molar-refractivity contribution in [2.24, 2.45) is 0 Å². The van der Waals surface area contributed by atoms with Crippen molar-refractivity contribution in [3.05, 3.63) is 88.9 Å². The van der Waals surface area contributed by atoms with Crippen molar-refractivity contribution in [1.82, 2.24) is 0 Å². The quantitative estimate of drug-likeness (QED) is 0.561. The number of hydrogen-bond donors (Lipinski definition) is 1. The molecule has 0 aliphatic carbocycles. The van der Waals surface area contributed by atoms with Crippen LogP contribution in [0.15, 0.2) is 72.8 Å². The second-order valence-electron chi connectivity index (χ2n) is 7.42. The van der Waals surface area contributed by atoms with Gasteiger partial charge in [-0.15, -0.1) is 11.8 Å². The van der Waals surface area contributed by atoms with Crippen molar-refractivity contribution < 1.29 is 9.59 Å². The normalized spacial score (nSPS) is 15.8. The van der Waals surface area contributed by atoms with Gasteiger partial charge in [-0.25, -0.2) is 0 Å². The summed E-state index contributed by atoms with van der Waals surface area (Å²) in [6.45, 7) is 0. The molecule has 1 aliphatic heterocycles. The molecule has 1 heterocycles. The van der Waals surface area contributed by atoms with E-state index in [0.717, 1.165) is 16.9 Å². The molecule has 1 atom stereocenters. The molecule has 31 heavy (non-hydrogen) atoms. The van der Waals surface area contributed by atoms with Crippen molar-refractivity contribution >= 4 is 52.2 Å². The molecular formula is C24H22ClN3O2S. The minimum Gasteiger partial charge on any atom is -0.378 e. The molecular weight excluding hydrogens is 430 g/mol. The Kier molecular flexibility index (Phi) is 6.20. The van der Waals surface area contributed by atoms with E-state index < -0.39 is 0 Å². The predicted molar refractivity (Wildman–Crippen MR) is 129 cm³/mol. The third kappa shape index (κ3) is 4.70. The van der Waals surface area contributed by atoms with E-state index in [0.29, 0.717) is 22.0 Å². The molecule has 0 radical (unpaired) electrons. The maximum Gasteiger partial charge on any atom is 0.255 e. The molecule has 5 nitrogen and oxygen atoms in total. The van der Waals surface area contributed by atoms with Gasteiger partial charge in [0.2, 0.25) is 5.91 Å². The van der Waals surface area contributed by atoms with Gasteiger partial charge in [-0.2, -0.15) is 0 Å². The van der Waals surface area contributed by atoms with E-state index >= 15 is 0 Å². The summed E-state index contributed by atoms with van der Waals surface area (Å²) in [4.78, 5) is 29.1. The molecule has 0 bridgehead atoms. The number of carbonyl (C=O) groups is 2. The van der Waals surface area contributed by atoms with Crippen molar-refractivity contribution in [3.63, 3.8) is 0 Å². The zero-order valence-electron chi connectivity index (χ0n) is 17.2. The lowest BCUT2D eigenvalue weighted by molar-refractivity contribution is -0.115. The number of amides is 2. The molecule has 7 heteroatoms. The second-order valence-corrected chi connectivity index (χ2v) is 8.93. The molecule has 0 saturated carbocycles. The molecule has 0 unspecified atom stereocenters. The van der Waals surface area contributed by atoms with E-state index in [4.69, 9.17) is 11.6 Å². The Morgan fingerprint density at radius 3 is 2.45 bits per heavy atom. The summed E-state index contributed by atoms with van der Waals surface area (Å²) in [6, 6.07) is 22.3. The Bertz CT molecular complexity index is 1100. The van der Waals surface area contributed by atoms with Gasteiger partial charge in [0, 0.05) is 41.7 Å². The first-order valence-corrected chi connectivity index (χ1v) is 11.2. The van der Waals surface area contributed by atoms with E-state index in [1.54, 1.807) is 36.0 Å². The highest BCUT2D eigenvalue weighted by Crippen LogP contribution is 2.42. The lowest BCUT2D eigenvalue weighted by atomic mass is 10.1. The summed E-state index contributed by atoms with van der Waals surface area (Å²) < 4.78 is 0. The topological polar surface area (TPSA) is 52.6 Å². The molecule has 1 N–H and O–H groups in total. The summed E-state index contributed by atoms with van der Waals surface area (Å²) in [6.07, 6.45) is 0. The SMILES string of the molecule is CN(C)c1ccc(N2C(=O)CS[C@H]2c2cccc(NC(=O)c3ccc(Cl)cc3)c2)cc1. The van der Waals surface area contributed by atoms with Gasteiger partial charge >= 0.3 is 0 Å². The zero-order valence-corrected chi connectivity index (χ0v) is 18.8. The van der Waals surface area contributed by atoms with Crippen LogP contribution >= 0.6 is 23.4 Å². The maximum atomic E-state index is 12.7. The Hall–Kier alpha value is -2.96. The predicted octanol–water partition coefficient (Wildman–Crippen LogP) is 5.44. The van der Waals surface area contributed by atoms with Crippen molar-refractivity contribution in [1.29, 1.82) is 0 Å². The first kappa shape index (κ1) is 21.3. The fourth-order valence-corrected chi connectivity index (χ4v) is 4.73. The highest BCUT2D eigenvalue weighted by atomic mass is 35.5. The Balaban J connectivity index is 1.56. The molecule has 1 aliphatic rings. The minimum absolute atomic E-state index is 0.0724. The average Bonchev–Trinajstić information content (AvgIpc) is 3.16. The summed E-state index contributed by atoms with van der Waals surface area (Å²) in [5.41, 5.74) is 4.11. The number of anilines is 3. The third-order valence-electron chi connectivity index (χ3n) is 5.05. The number of nitrogens with one attached hydrogen (secondary N) is 1. The monoisotopic (exact) mass is 451 g/mol. The largest absolute Gasteiger partial charge is 0.378 e. The molecule has 3 aromatic rings. The Morgan fingerprint density at radius 2 is 1.77 bits per heavy atom. The smallest absolute Gasteiger partial charge is 0.255 e. The van der Waals surface area contributed by atoms with E-state index in [1.807, 2.05) is 72.4 Å². The second kappa shape index (κ2) is 9.04. The number of rotatable bonds is 5. The molecule has 158 valence electrons. The van der Waals surface area contributed by atoms with E-state index in [9.17, 15) is 9.59 Å². The van der Waals surface area contributed by atoms with Crippen molar-refractivity contribution in [3.8, 4) is 0 Å². The average molecular weight is 452 g/mol. The first-order chi connectivity index (χ1) is 14.9. The molecule has 1 saturated heterocycles. The van der Waals surface area contributed by atoms with Crippen LogP contribution in [0.25, 0.3) is 0 Å². The molecule has 0 aromatic heterocycles. The van der Waals surface area contributed by atoms with E-state index in [1.165, 1.54) is 0 Å². The van der Waals surface area contributed by atoms with Gasteiger partial charge in [0.1, 0.15) is 5.37 Å². The zero-order chi connectivity index (χ0) is 22.0. The first-order valence-electron chi connectivity index (χ1n) is 9.80. The van der Waals surface area contributed by atoms with Crippen LogP contribution in [-0.4, -0.2) is 31.7 Å². The van der Waals surface area contributed by atoms with Crippen LogP contribution in [-0.2, 0) is 4.79 Å². The van der Waals surface area contributed by atoms with Gasteiger partial charge in [0.15, 0.2) is 0 Å². The Labute approximate surface area is 191 Å². The van der Waals surface area contributed by atoms with Gasteiger partial charge in [-0.05, 0) is 66.2 Å². The standard InChI is InChI=1S/C24H22ClN3O2S/c1-27(2)20-10-12-21(13-11-20)28-22(29)15-31-24(28)17-4-3-5-19(14-17)26-23(30)16-6-8-18(25)9-7-16/h3-14,24H,15H2,1-2H3,(H,26,30)/t24-/m0/s1. The van der Waals surface area contributed by atoms with E-state index in [-0.39, 0.29) is 17.2 Å². The van der Waals surface area contributed by atoms with Gasteiger partial charge in [0.25, 0.3) is 5.91 Å². The lowest BCUT2D eigenvalue weighted by Gasteiger charge is -2.25. The van der Waals surface area contributed by atoms with Gasteiger partial charge in [-0.3, -0.25) is 14.5 Å². The molecule has 0 spiro atoms. The van der Waals surface area contributed by atoms with Crippen LogP contribution in [0.2, 0.25) is 5.02 Å². The summed E-state index contributed by atoms with van der Waals surface area (Å²) >= 11 is 7.48. The molecule has 4 rings (SSSR count). The van der Waals surface area contributed by atoms with Gasteiger partial charge in [-0.1, -0.05) is 23.7 Å². The maximum absolute atomic E-state index is 12.7. The number of halogens is 1. The number of carbonyl (C=O) groups excluding carboxylic acids is 2. The van der Waals surface area contributed by atoms with Crippen molar-refractivity contribution in [2.45, 2.75) is 5.37 Å². The third-order valence-corrected chi connectivity index (χ3v) is 6.51. The Morgan fingerprint density at radius 1 is 1.06 bits per heavy atom. The molecule has 1 fully saturated rings. The summed E-state index contributed by atoms with van der Waals surface area (Å²) in [5, 5.41) is 3.36. The van der Waals surface area contributed by atoms with Crippen LogP contribution in [0.5, 0.6) is 0 Å². The highest BCUT2D eigenvalue weighted by Gasteiger charge is 2.34. The van der Waals surface area contributed by atoms with Crippen LogP contribution in [0.1, 0.15) is 21.3 Å². The molecule has 3 aromatic carbocycles. The van der Waals surface area contributed by atoms with E-state index in [2.05, 4.69) is 5.32 Å². The fraction of sp³-hybridized carbons (Fsp3) is 0.167. The van der Waals surface area contributed by atoms with Gasteiger partial charge in [0.05, 0.1) is 5.75 Å². The number of nitrogens with zero attached hydrogens (tertiary/aromatic N) is 2. The summed E-state index contributed by atoms with van der Waals surface area (Å²) in [5.74, 6) is 0.282. The van der Waals surface area contributed by atoms with Crippen LogP contribution in [0, 0.1) is 0 Å². The summed E-state index contributed by atoms with van der Waals surface area (Å²) in [7, 11) is 3.97. The number of hydrogen-bond acceptors (Lipinski definition) is 4. The van der Waals surface area contributed by atoms with Crippen LogP contribution < -0.4 is 15.1 Å². The van der Waals surface area contributed by atoms with Gasteiger partial charge < -0.3 is 10.2 Å². The van der Waals surface area contributed by atoms with Crippen LogP contribution in [0.4, 0.5) is 17.1 Å². The number of thioether (sulfide) groups is 1. The number of benzene rings is 3. The van der Waals surface area contributed by atoms with Crippen molar-refractivity contribution in [2.75, 3.05) is 35.0 Å². The fourth-order valence-electron chi connectivity index (χ4n) is 3.44. The van der Waals surface area contributed by atoms with Crippen LogP contribution in [0.3, 0.4) is 0 Å². The highest BCUT2D eigenvalue weighted by molar-refractivity contribution is 8.00. The lowest BCUT2D eigenvalue weighted by Crippen LogP contribution is -2.27. The molecule has 2 amide bonds.